The molecule has 0 saturated carbocycles. The molecule has 0 atom stereocenters. The number of esters is 1. The van der Waals surface area contributed by atoms with Crippen LogP contribution in [0.3, 0.4) is 0 Å². The summed E-state index contributed by atoms with van der Waals surface area (Å²) in [5.74, 6) is -0.517. The summed E-state index contributed by atoms with van der Waals surface area (Å²) < 4.78 is 16.4. The third-order valence-corrected chi connectivity index (χ3v) is 4.93. The Morgan fingerprint density at radius 3 is 2.70 bits per heavy atom. The maximum atomic E-state index is 12.1. The van der Waals surface area contributed by atoms with Crippen molar-refractivity contribution >= 4 is 44.9 Å². The van der Waals surface area contributed by atoms with Crippen LogP contribution in [-0.4, -0.2) is 37.1 Å². The molecule has 8 heteroatoms. The largest absolute Gasteiger partial charge is 0.495 e. The lowest BCUT2D eigenvalue weighted by molar-refractivity contribution is -0.148. The molecule has 3 rings (SSSR count). The first-order valence-electron chi connectivity index (χ1n) is 8.01. The molecule has 140 valence electrons. The van der Waals surface area contributed by atoms with E-state index < -0.39 is 5.97 Å². The van der Waals surface area contributed by atoms with E-state index in [9.17, 15) is 9.59 Å². The van der Waals surface area contributed by atoms with E-state index in [1.165, 1.54) is 24.5 Å². The van der Waals surface area contributed by atoms with Gasteiger partial charge in [0.05, 0.1) is 29.0 Å². The van der Waals surface area contributed by atoms with Crippen LogP contribution >= 0.6 is 22.9 Å². The summed E-state index contributed by atoms with van der Waals surface area (Å²) in [5, 5.41) is 1.08. The Labute approximate surface area is 164 Å². The monoisotopic (exact) mass is 405 g/mol. The van der Waals surface area contributed by atoms with Gasteiger partial charge in [-0.2, -0.15) is 0 Å². The minimum absolute atomic E-state index is 0.205. The summed E-state index contributed by atoms with van der Waals surface area (Å²) in [7, 11) is 1.48. The number of ether oxygens (including phenoxy) is 3. The summed E-state index contributed by atoms with van der Waals surface area (Å²) in [6.45, 7) is -0.435. The van der Waals surface area contributed by atoms with Crippen LogP contribution in [0, 0.1) is 0 Å². The zero-order valence-electron chi connectivity index (χ0n) is 14.4. The molecule has 0 unspecified atom stereocenters. The molecule has 3 aromatic rings. The van der Waals surface area contributed by atoms with Gasteiger partial charge in [-0.15, -0.1) is 11.3 Å². The molecule has 0 bridgehead atoms. The molecule has 0 fully saturated rings. The second-order valence-electron chi connectivity index (χ2n) is 5.50. The lowest BCUT2D eigenvalue weighted by Gasteiger charge is -2.07. The number of carbonyl (C=O) groups excluding carboxylic acids is 2. The van der Waals surface area contributed by atoms with Crippen molar-refractivity contribution in [2.75, 3.05) is 20.3 Å². The lowest BCUT2D eigenvalue weighted by Crippen LogP contribution is -2.18. The summed E-state index contributed by atoms with van der Waals surface area (Å²) in [6, 6.07) is 12.4. The van der Waals surface area contributed by atoms with E-state index in [4.69, 9.17) is 25.8 Å². The Hall–Kier alpha value is -2.48. The molecule has 0 radical (unpaired) electrons. The van der Waals surface area contributed by atoms with Gasteiger partial charge in [-0.3, -0.25) is 4.79 Å². The van der Waals surface area contributed by atoms with Gasteiger partial charge in [-0.1, -0.05) is 23.7 Å². The second-order valence-corrected chi connectivity index (χ2v) is 7.02. The zero-order chi connectivity index (χ0) is 19.2. The predicted octanol–water partition coefficient (Wildman–Crippen LogP) is 3.90. The van der Waals surface area contributed by atoms with Gasteiger partial charge < -0.3 is 14.2 Å². The number of fused-ring (bicyclic) bond motifs is 1. The van der Waals surface area contributed by atoms with Crippen molar-refractivity contribution in [3.63, 3.8) is 0 Å². The van der Waals surface area contributed by atoms with Crippen LogP contribution in [-0.2, 0) is 20.9 Å². The summed E-state index contributed by atoms with van der Waals surface area (Å²) in [5.41, 5.74) is 1.23. The van der Waals surface area contributed by atoms with Crippen molar-refractivity contribution in [2.45, 2.75) is 6.61 Å². The second kappa shape index (κ2) is 8.94. The molecule has 1 aromatic heterocycles. The third kappa shape index (κ3) is 5.03. The fourth-order valence-electron chi connectivity index (χ4n) is 2.31. The van der Waals surface area contributed by atoms with Gasteiger partial charge >= 0.3 is 5.97 Å². The third-order valence-electron chi connectivity index (χ3n) is 3.62. The molecule has 0 N–H and O–H groups in total. The van der Waals surface area contributed by atoms with Crippen molar-refractivity contribution in [1.82, 2.24) is 4.98 Å². The summed E-state index contributed by atoms with van der Waals surface area (Å²) in [6.07, 6.45) is 0. The normalized spacial score (nSPS) is 10.7. The molecule has 0 amide bonds. The average Bonchev–Trinajstić information content (AvgIpc) is 3.08. The van der Waals surface area contributed by atoms with E-state index in [1.54, 1.807) is 12.1 Å². The van der Waals surface area contributed by atoms with Crippen molar-refractivity contribution in [2.24, 2.45) is 0 Å². The number of methoxy groups -OCH3 is 1. The van der Waals surface area contributed by atoms with Crippen LogP contribution in [0.1, 0.15) is 15.4 Å². The number of nitrogens with zero attached hydrogens (tertiary/aromatic N) is 1. The van der Waals surface area contributed by atoms with Crippen LogP contribution in [0.25, 0.3) is 10.2 Å². The minimum Gasteiger partial charge on any atom is -0.495 e. The number of benzene rings is 2. The molecule has 0 saturated heterocycles. The topological polar surface area (TPSA) is 74.7 Å². The Morgan fingerprint density at radius 1 is 1.15 bits per heavy atom. The molecule has 6 nitrogen and oxygen atoms in total. The van der Waals surface area contributed by atoms with E-state index in [1.807, 2.05) is 24.3 Å². The molecular formula is C19H16ClNO5S. The van der Waals surface area contributed by atoms with Crippen LogP contribution in [0.5, 0.6) is 5.75 Å². The number of ketones is 1. The molecule has 2 aromatic carbocycles. The van der Waals surface area contributed by atoms with Crippen LogP contribution in [0.15, 0.2) is 42.5 Å². The number of thiazole rings is 1. The highest BCUT2D eigenvalue weighted by Crippen LogP contribution is 2.25. The molecule has 0 spiro atoms. The standard InChI is InChI=1S/C19H16ClNO5S/c1-24-16-7-6-12(8-13(16)20)15(22)9-26-19(23)11-25-10-18-21-14-4-2-3-5-17(14)27-18/h2-8H,9-11H2,1H3. The Bertz CT molecular complexity index is 939. The number of hydrogen-bond donors (Lipinski definition) is 0. The Balaban J connectivity index is 1.44. The average molecular weight is 406 g/mol. The SMILES string of the molecule is COc1ccc(C(=O)COC(=O)COCc2nc3ccccc3s2)cc1Cl. The number of aromatic nitrogens is 1. The highest BCUT2D eigenvalue weighted by atomic mass is 35.5. The highest BCUT2D eigenvalue weighted by Gasteiger charge is 2.13. The Kier molecular flexibility index (Phi) is 6.39. The molecule has 1 heterocycles. The maximum absolute atomic E-state index is 12.1. The van der Waals surface area contributed by atoms with Crippen molar-refractivity contribution in [3.05, 3.63) is 58.1 Å². The first-order chi connectivity index (χ1) is 13.1. The number of halogens is 1. The lowest BCUT2D eigenvalue weighted by atomic mass is 10.1. The van der Waals surface area contributed by atoms with Crippen molar-refractivity contribution < 1.29 is 23.8 Å². The maximum Gasteiger partial charge on any atom is 0.332 e. The fraction of sp³-hybridized carbons (Fsp3) is 0.211. The molecular weight excluding hydrogens is 390 g/mol. The molecule has 27 heavy (non-hydrogen) atoms. The van der Waals surface area contributed by atoms with Crippen LogP contribution in [0.2, 0.25) is 5.02 Å². The van der Waals surface area contributed by atoms with Crippen LogP contribution < -0.4 is 4.74 Å². The van der Waals surface area contributed by atoms with Crippen LogP contribution in [0.4, 0.5) is 0 Å². The number of rotatable bonds is 8. The Morgan fingerprint density at radius 2 is 1.96 bits per heavy atom. The van der Waals surface area contributed by atoms with E-state index in [0.717, 1.165) is 15.2 Å². The van der Waals surface area contributed by atoms with Gasteiger partial charge in [0.25, 0.3) is 0 Å². The first kappa shape index (κ1) is 19.3. The van der Waals surface area contributed by atoms with Gasteiger partial charge in [0.15, 0.2) is 12.4 Å². The molecule has 0 aliphatic heterocycles. The number of hydrogen-bond acceptors (Lipinski definition) is 7. The van der Waals surface area contributed by atoms with E-state index in [2.05, 4.69) is 4.98 Å². The van der Waals surface area contributed by atoms with E-state index in [-0.39, 0.29) is 25.6 Å². The smallest absolute Gasteiger partial charge is 0.332 e. The van der Waals surface area contributed by atoms with E-state index >= 15 is 0 Å². The van der Waals surface area contributed by atoms with Gasteiger partial charge in [0.2, 0.25) is 0 Å². The summed E-state index contributed by atoms with van der Waals surface area (Å²) in [4.78, 5) is 28.2. The minimum atomic E-state index is -0.621. The number of Topliss-reactive ketones (excluding diaryl/α,β-unsaturated/α-hetero) is 1. The van der Waals surface area contributed by atoms with Crippen molar-refractivity contribution in [1.29, 1.82) is 0 Å². The quantitative estimate of drug-likeness (QED) is 0.418. The number of carbonyl (C=O) groups is 2. The summed E-state index contributed by atoms with van der Waals surface area (Å²) >= 11 is 7.49. The van der Waals surface area contributed by atoms with Gasteiger partial charge in [0, 0.05) is 5.56 Å². The number of para-hydroxylation sites is 1. The van der Waals surface area contributed by atoms with Gasteiger partial charge in [0.1, 0.15) is 17.4 Å². The highest BCUT2D eigenvalue weighted by molar-refractivity contribution is 7.18. The van der Waals surface area contributed by atoms with Crippen molar-refractivity contribution in [3.8, 4) is 5.75 Å². The van der Waals surface area contributed by atoms with E-state index in [0.29, 0.717) is 16.3 Å². The van der Waals surface area contributed by atoms with Gasteiger partial charge in [-0.25, -0.2) is 9.78 Å². The predicted molar refractivity (Wildman–Crippen MR) is 103 cm³/mol. The van der Waals surface area contributed by atoms with Gasteiger partial charge in [-0.05, 0) is 30.3 Å². The fourth-order valence-corrected chi connectivity index (χ4v) is 3.48. The zero-order valence-corrected chi connectivity index (χ0v) is 16.0. The first-order valence-corrected chi connectivity index (χ1v) is 9.21. The molecule has 0 aliphatic rings. The molecule has 0 aliphatic carbocycles.